The Balaban J connectivity index is 1.66. The van der Waals surface area contributed by atoms with Crippen LogP contribution in [-0.4, -0.2) is 67.9 Å². The molecule has 0 aliphatic carbocycles. The Bertz CT molecular complexity index is 942. The molecule has 2 aromatic rings. The van der Waals surface area contributed by atoms with Crippen molar-refractivity contribution in [1.82, 2.24) is 9.21 Å². The molecule has 9 nitrogen and oxygen atoms in total. The summed E-state index contributed by atoms with van der Waals surface area (Å²) >= 11 is 0. The molecule has 10 heteroatoms. The van der Waals surface area contributed by atoms with Crippen molar-refractivity contribution < 1.29 is 32.3 Å². The lowest BCUT2D eigenvalue weighted by Crippen LogP contribution is -2.50. The number of amides is 1. The molecular weight excluding hydrogens is 376 g/mol. The van der Waals surface area contributed by atoms with Gasteiger partial charge < -0.3 is 19.2 Å². The van der Waals surface area contributed by atoms with Crippen molar-refractivity contribution in [3.05, 3.63) is 47.9 Å². The third-order valence-corrected chi connectivity index (χ3v) is 6.16. The maximum absolute atomic E-state index is 12.7. The Hall–Kier alpha value is -2.85. The van der Waals surface area contributed by atoms with Gasteiger partial charge in [-0.15, -0.1) is 0 Å². The molecule has 1 aromatic carbocycles. The average Bonchev–Trinajstić information content (AvgIpc) is 3.18. The first-order chi connectivity index (χ1) is 12.8. The Labute approximate surface area is 155 Å². The molecule has 0 atom stereocenters. The maximum Gasteiger partial charge on any atom is 0.371 e. The van der Waals surface area contributed by atoms with Gasteiger partial charge >= 0.3 is 5.97 Å². The van der Waals surface area contributed by atoms with E-state index in [1.54, 1.807) is 12.1 Å². The number of aromatic carboxylic acids is 1. The first kappa shape index (κ1) is 18.9. The predicted molar refractivity (Wildman–Crippen MR) is 93.3 cm³/mol. The second kappa shape index (κ2) is 7.41. The van der Waals surface area contributed by atoms with Crippen LogP contribution >= 0.6 is 0 Å². The monoisotopic (exact) mass is 394 g/mol. The molecule has 3 rings (SSSR count). The number of sulfonamides is 1. The van der Waals surface area contributed by atoms with Gasteiger partial charge in [0.05, 0.1) is 12.0 Å². The molecule has 27 heavy (non-hydrogen) atoms. The highest BCUT2D eigenvalue weighted by atomic mass is 32.2. The van der Waals surface area contributed by atoms with E-state index in [0.717, 1.165) is 0 Å². The third kappa shape index (κ3) is 3.81. The predicted octanol–water partition coefficient (Wildman–Crippen LogP) is 1.13. The SMILES string of the molecule is COc1ccc(S(=O)(=O)N2CCN(C(=O)c3ccc(C(=O)O)o3)CC2)cc1. The molecule has 0 spiro atoms. The fraction of sp³-hybridized carbons (Fsp3) is 0.294. The van der Waals surface area contributed by atoms with Crippen molar-refractivity contribution in [2.75, 3.05) is 33.3 Å². The topological polar surface area (TPSA) is 117 Å². The van der Waals surface area contributed by atoms with Crippen LogP contribution in [0.3, 0.4) is 0 Å². The molecule has 1 amide bonds. The van der Waals surface area contributed by atoms with Crippen LogP contribution in [0.5, 0.6) is 5.75 Å². The Kier molecular flexibility index (Phi) is 5.19. The molecule has 2 heterocycles. The van der Waals surface area contributed by atoms with E-state index in [1.165, 1.54) is 40.6 Å². The van der Waals surface area contributed by atoms with E-state index < -0.39 is 21.9 Å². The zero-order chi connectivity index (χ0) is 19.6. The van der Waals surface area contributed by atoms with E-state index in [-0.39, 0.29) is 42.6 Å². The third-order valence-electron chi connectivity index (χ3n) is 4.25. The molecule has 0 saturated carbocycles. The summed E-state index contributed by atoms with van der Waals surface area (Å²) in [6.07, 6.45) is 0. The summed E-state index contributed by atoms with van der Waals surface area (Å²) in [6, 6.07) is 8.60. The van der Waals surface area contributed by atoms with E-state index in [2.05, 4.69) is 0 Å². The molecule has 1 N–H and O–H groups in total. The van der Waals surface area contributed by atoms with Crippen LogP contribution in [-0.2, 0) is 10.0 Å². The van der Waals surface area contributed by atoms with Gasteiger partial charge in [-0.05, 0) is 36.4 Å². The normalized spacial score (nSPS) is 15.5. The highest BCUT2D eigenvalue weighted by Gasteiger charge is 2.31. The van der Waals surface area contributed by atoms with Crippen LogP contribution < -0.4 is 4.74 Å². The van der Waals surface area contributed by atoms with Crippen LogP contribution in [0.1, 0.15) is 21.1 Å². The van der Waals surface area contributed by atoms with Gasteiger partial charge in [-0.3, -0.25) is 4.79 Å². The summed E-state index contributed by atoms with van der Waals surface area (Å²) in [5.41, 5.74) is 0. The van der Waals surface area contributed by atoms with Gasteiger partial charge in [-0.2, -0.15) is 4.31 Å². The number of hydrogen-bond donors (Lipinski definition) is 1. The lowest BCUT2D eigenvalue weighted by molar-refractivity contribution is 0.0632. The van der Waals surface area contributed by atoms with E-state index >= 15 is 0 Å². The van der Waals surface area contributed by atoms with Gasteiger partial charge in [0.2, 0.25) is 15.8 Å². The van der Waals surface area contributed by atoms with Gasteiger partial charge in [0.25, 0.3) is 5.91 Å². The van der Waals surface area contributed by atoms with Crippen molar-refractivity contribution in [3.8, 4) is 5.75 Å². The number of methoxy groups -OCH3 is 1. The minimum Gasteiger partial charge on any atom is -0.497 e. The van der Waals surface area contributed by atoms with E-state index in [4.69, 9.17) is 14.3 Å². The largest absolute Gasteiger partial charge is 0.497 e. The van der Waals surface area contributed by atoms with Crippen molar-refractivity contribution in [2.24, 2.45) is 0 Å². The van der Waals surface area contributed by atoms with Crippen LogP contribution in [0.25, 0.3) is 0 Å². The zero-order valence-electron chi connectivity index (χ0n) is 14.5. The molecule has 1 fully saturated rings. The van der Waals surface area contributed by atoms with Gasteiger partial charge in [-0.25, -0.2) is 13.2 Å². The standard InChI is InChI=1S/C17H18N2O7S/c1-25-12-2-4-13(5-3-12)27(23,24)19-10-8-18(9-11-19)16(20)14-6-7-15(26-14)17(21)22/h2-7H,8-11H2,1H3,(H,21,22). The Morgan fingerprint density at radius 1 is 1.00 bits per heavy atom. The number of nitrogens with zero attached hydrogens (tertiary/aromatic N) is 2. The average molecular weight is 394 g/mol. The van der Waals surface area contributed by atoms with Crippen LogP contribution in [0, 0.1) is 0 Å². The van der Waals surface area contributed by atoms with Crippen molar-refractivity contribution >= 4 is 21.9 Å². The number of carboxylic acids is 1. The molecular formula is C17H18N2O7S. The number of piperazine rings is 1. The van der Waals surface area contributed by atoms with E-state index in [0.29, 0.717) is 5.75 Å². The number of ether oxygens (including phenoxy) is 1. The highest BCUT2D eigenvalue weighted by molar-refractivity contribution is 7.89. The smallest absolute Gasteiger partial charge is 0.371 e. The van der Waals surface area contributed by atoms with Gasteiger partial charge in [0.1, 0.15) is 5.75 Å². The number of benzene rings is 1. The van der Waals surface area contributed by atoms with Crippen LogP contribution in [0.15, 0.2) is 45.7 Å². The van der Waals surface area contributed by atoms with Crippen molar-refractivity contribution in [2.45, 2.75) is 4.90 Å². The maximum atomic E-state index is 12.7. The van der Waals surface area contributed by atoms with Crippen LogP contribution in [0.4, 0.5) is 0 Å². The summed E-state index contributed by atoms with van der Waals surface area (Å²) in [7, 11) is -2.17. The summed E-state index contributed by atoms with van der Waals surface area (Å²) in [5, 5.41) is 8.86. The van der Waals surface area contributed by atoms with Crippen molar-refractivity contribution in [3.63, 3.8) is 0 Å². The fourth-order valence-corrected chi connectivity index (χ4v) is 4.17. The molecule has 1 saturated heterocycles. The lowest BCUT2D eigenvalue weighted by atomic mass is 10.3. The number of carbonyl (C=O) groups is 2. The molecule has 0 bridgehead atoms. The number of furan rings is 1. The van der Waals surface area contributed by atoms with Gasteiger partial charge in [0.15, 0.2) is 5.76 Å². The second-order valence-corrected chi connectivity index (χ2v) is 7.78. The molecule has 0 radical (unpaired) electrons. The number of hydrogen-bond acceptors (Lipinski definition) is 6. The number of rotatable bonds is 5. The van der Waals surface area contributed by atoms with Gasteiger partial charge in [0, 0.05) is 26.2 Å². The fourth-order valence-electron chi connectivity index (χ4n) is 2.75. The van der Waals surface area contributed by atoms with E-state index in [1.807, 2.05) is 0 Å². The van der Waals surface area contributed by atoms with Crippen LogP contribution in [0.2, 0.25) is 0 Å². The quantitative estimate of drug-likeness (QED) is 0.808. The molecule has 1 aromatic heterocycles. The first-order valence-electron chi connectivity index (χ1n) is 8.09. The number of carbonyl (C=O) groups excluding carboxylic acids is 1. The molecule has 0 unspecified atom stereocenters. The molecule has 1 aliphatic rings. The van der Waals surface area contributed by atoms with E-state index in [9.17, 15) is 18.0 Å². The minimum absolute atomic E-state index is 0.0844. The summed E-state index contributed by atoms with van der Waals surface area (Å²) < 4.78 is 36.8. The molecule has 144 valence electrons. The Morgan fingerprint density at radius 2 is 1.59 bits per heavy atom. The first-order valence-corrected chi connectivity index (χ1v) is 9.53. The second-order valence-electron chi connectivity index (χ2n) is 5.84. The zero-order valence-corrected chi connectivity index (χ0v) is 15.3. The Morgan fingerprint density at radius 3 is 2.11 bits per heavy atom. The number of carboxylic acid groups (broad SMARTS) is 1. The van der Waals surface area contributed by atoms with Crippen molar-refractivity contribution in [1.29, 1.82) is 0 Å². The van der Waals surface area contributed by atoms with Gasteiger partial charge in [-0.1, -0.05) is 0 Å². The lowest BCUT2D eigenvalue weighted by Gasteiger charge is -2.33. The summed E-state index contributed by atoms with van der Waals surface area (Å²) in [5.74, 6) is -1.57. The highest BCUT2D eigenvalue weighted by Crippen LogP contribution is 2.21. The summed E-state index contributed by atoms with van der Waals surface area (Å²) in [4.78, 5) is 24.8. The molecule has 1 aliphatic heterocycles. The minimum atomic E-state index is -3.67. The summed E-state index contributed by atoms with van der Waals surface area (Å²) in [6.45, 7) is 0.619.